The van der Waals surface area contributed by atoms with Crippen LogP contribution < -0.4 is 10.9 Å². The van der Waals surface area contributed by atoms with Gasteiger partial charge in [-0.15, -0.1) is 0 Å². The van der Waals surface area contributed by atoms with E-state index in [4.69, 9.17) is 0 Å². The van der Waals surface area contributed by atoms with Crippen LogP contribution in [0, 0.1) is 5.92 Å². The van der Waals surface area contributed by atoms with Gasteiger partial charge >= 0.3 is 0 Å². The van der Waals surface area contributed by atoms with E-state index < -0.39 is 11.5 Å². The van der Waals surface area contributed by atoms with Gasteiger partial charge in [0, 0.05) is 24.6 Å². The summed E-state index contributed by atoms with van der Waals surface area (Å²) in [5.74, 6) is -0.252. The van der Waals surface area contributed by atoms with E-state index in [1.165, 1.54) is 12.5 Å². The summed E-state index contributed by atoms with van der Waals surface area (Å²) in [4.78, 5) is 34.2. The zero-order valence-electron chi connectivity index (χ0n) is 12.5. The normalized spacial score (nSPS) is 21.3. The van der Waals surface area contributed by atoms with Gasteiger partial charge in [-0.2, -0.15) is 0 Å². The molecule has 1 amide bonds. The number of pyridine rings is 1. The summed E-state index contributed by atoms with van der Waals surface area (Å²) in [6.45, 7) is 0. The Morgan fingerprint density at radius 3 is 2.74 bits per heavy atom. The molecule has 2 aromatic heterocycles. The first-order valence-electron chi connectivity index (χ1n) is 7.54. The first-order chi connectivity index (χ1) is 11.1. The lowest BCUT2D eigenvalue weighted by molar-refractivity contribution is 0.0239. The van der Waals surface area contributed by atoms with E-state index in [1.54, 1.807) is 12.4 Å². The van der Waals surface area contributed by atoms with Gasteiger partial charge in [0.15, 0.2) is 0 Å². The molecule has 0 spiro atoms. The molecule has 0 saturated heterocycles. The maximum Gasteiger partial charge on any atom is 0.263 e. The summed E-state index contributed by atoms with van der Waals surface area (Å²) < 4.78 is 0. The highest BCUT2D eigenvalue weighted by Crippen LogP contribution is 2.31. The number of rotatable bonds is 5. The number of nitrogens with zero attached hydrogens (tertiary/aromatic N) is 2. The Hall–Kier alpha value is -2.54. The number of aromatic nitrogens is 3. The van der Waals surface area contributed by atoms with Gasteiger partial charge in [-0.1, -0.05) is 0 Å². The van der Waals surface area contributed by atoms with Gasteiger partial charge in [-0.3, -0.25) is 14.6 Å². The fraction of sp³-hybridized carbons (Fsp3) is 0.375. The van der Waals surface area contributed by atoms with E-state index in [0.29, 0.717) is 19.3 Å². The molecule has 1 saturated carbocycles. The van der Waals surface area contributed by atoms with Crippen LogP contribution in [0.5, 0.6) is 0 Å². The van der Waals surface area contributed by atoms with Crippen molar-refractivity contribution in [2.75, 3.05) is 0 Å². The van der Waals surface area contributed by atoms with Crippen molar-refractivity contribution in [2.45, 2.75) is 31.4 Å². The zero-order valence-corrected chi connectivity index (χ0v) is 12.5. The van der Waals surface area contributed by atoms with Crippen molar-refractivity contribution >= 4 is 5.91 Å². The molecule has 1 atom stereocenters. The Balaban J connectivity index is 1.75. The van der Waals surface area contributed by atoms with Crippen LogP contribution in [-0.2, 0) is 6.42 Å². The Labute approximate surface area is 132 Å². The highest BCUT2D eigenvalue weighted by atomic mass is 16.3. The second-order valence-corrected chi connectivity index (χ2v) is 5.82. The Bertz CT molecular complexity index is 725. The predicted octanol–water partition coefficient (Wildman–Crippen LogP) is 0.277. The molecule has 1 fully saturated rings. The largest absolute Gasteiger partial charge is 0.393 e. The summed E-state index contributed by atoms with van der Waals surface area (Å²) in [5, 5.41) is 12.5. The fourth-order valence-electron chi connectivity index (χ4n) is 2.82. The Morgan fingerprint density at radius 2 is 2.09 bits per heavy atom. The van der Waals surface area contributed by atoms with Crippen molar-refractivity contribution in [3.63, 3.8) is 0 Å². The number of H-pyrrole nitrogens is 1. The van der Waals surface area contributed by atoms with Crippen molar-refractivity contribution < 1.29 is 9.90 Å². The third kappa shape index (κ3) is 3.62. The lowest BCUT2D eigenvalue weighted by Gasteiger charge is -2.38. The molecule has 2 heterocycles. The summed E-state index contributed by atoms with van der Waals surface area (Å²) in [6.07, 6.45) is 7.54. The van der Waals surface area contributed by atoms with Gasteiger partial charge in [0.2, 0.25) is 0 Å². The van der Waals surface area contributed by atoms with Gasteiger partial charge in [-0.05, 0) is 42.9 Å². The standard InChI is InChI=1S/C16H18N4O3/c21-12-6-11(7-12)14(5-10-1-3-17-4-2-10)20-16(23)13-8-18-9-19-15(13)22/h1-4,8-9,11-12,14,21H,5-7H2,(H,20,23)(H,18,19,22). The fourth-order valence-corrected chi connectivity index (χ4v) is 2.82. The second-order valence-electron chi connectivity index (χ2n) is 5.82. The van der Waals surface area contributed by atoms with Crippen molar-refractivity contribution in [3.05, 3.63) is 58.5 Å². The summed E-state index contributed by atoms with van der Waals surface area (Å²) in [7, 11) is 0. The predicted molar refractivity (Wildman–Crippen MR) is 82.8 cm³/mol. The highest BCUT2D eigenvalue weighted by molar-refractivity contribution is 5.93. The number of aliphatic hydroxyl groups excluding tert-OH is 1. The van der Waals surface area contributed by atoms with E-state index in [0.717, 1.165) is 5.56 Å². The van der Waals surface area contributed by atoms with Crippen molar-refractivity contribution in [3.8, 4) is 0 Å². The first kappa shape index (κ1) is 15.4. The van der Waals surface area contributed by atoms with Gasteiger partial charge < -0.3 is 15.4 Å². The minimum Gasteiger partial charge on any atom is -0.393 e. The lowest BCUT2D eigenvalue weighted by Crippen LogP contribution is -2.49. The topological polar surface area (TPSA) is 108 Å². The van der Waals surface area contributed by atoms with Crippen molar-refractivity contribution in [1.82, 2.24) is 20.3 Å². The number of hydrogen-bond donors (Lipinski definition) is 3. The molecule has 0 aromatic carbocycles. The zero-order chi connectivity index (χ0) is 16.2. The smallest absolute Gasteiger partial charge is 0.263 e. The molecule has 1 aliphatic carbocycles. The molecule has 3 rings (SSSR count). The second kappa shape index (κ2) is 6.70. The molecule has 2 aromatic rings. The first-order valence-corrected chi connectivity index (χ1v) is 7.54. The summed E-state index contributed by atoms with van der Waals surface area (Å²) >= 11 is 0. The van der Waals surface area contributed by atoms with E-state index in [9.17, 15) is 14.7 Å². The summed E-state index contributed by atoms with van der Waals surface area (Å²) in [6, 6.07) is 3.64. The van der Waals surface area contributed by atoms with Crippen LogP contribution in [0.4, 0.5) is 0 Å². The molecule has 0 bridgehead atoms. The van der Waals surface area contributed by atoms with E-state index in [1.807, 2.05) is 12.1 Å². The Morgan fingerprint density at radius 1 is 1.35 bits per heavy atom. The molecule has 0 radical (unpaired) electrons. The SMILES string of the molecule is O=C(NC(Cc1ccncc1)C1CC(O)C1)c1cnc[nH]c1=O. The molecule has 1 aliphatic rings. The molecule has 120 valence electrons. The molecular weight excluding hydrogens is 296 g/mol. The molecule has 0 aliphatic heterocycles. The van der Waals surface area contributed by atoms with Crippen LogP contribution in [0.25, 0.3) is 0 Å². The molecule has 3 N–H and O–H groups in total. The molecular formula is C16H18N4O3. The Kier molecular flexibility index (Phi) is 4.47. The number of nitrogens with one attached hydrogen (secondary N) is 2. The number of carbonyl (C=O) groups excluding carboxylic acids is 1. The molecule has 7 nitrogen and oxygen atoms in total. The van der Waals surface area contributed by atoms with E-state index >= 15 is 0 Å². The van der Waals surface area contributed by atoms with Crippen LogP contribution >= 0.6 is 0 Å². The van der Waals surface area contributed by atoms with Gasteiger partial charge in [0.1, 0.15) is 5.56 Å². The maximum atomic E-state index is 12.3. The lowest BCUT2D eigenvalue weighted by atomic mass is 9.75. The summed E-state index contributed by atoms with van der Waals surface area (Å²) in [5.41, 5.74) is 0.577. The number of aromatic amines is 1. The van der Waals surface area contributed by atoms with Gasteiger partial charge in [0.05, 0.1) is 12.4 Å². The average Bonchev–Trinajstić information content (AvgIpc) is 2.52. The number of carbonyl (C=O) groups is 1. The quantitative estimate of drug-likeness (QED) is 0.734. The maximum absolute atomic E-state index is 12.3. The number of amides is 1. The van der Waals surface area contributed by atoms with Crippen LogP contribution in [0.3, 0.4) is 0 Å². The highest BCUT2D eigenvalue weighted by Gasteiger charge is 2.35. The van der Waals surface area contributed by atoms with E-state index in [2.05, 4.69) is 20.3 Å². The third-order valence-electron chi connectivity index (χ3n) is 4.20. The van der Waals surface area contributed by atoms with Crippen molar-refractivity contribution in [2.24, 2.45) is 5.92 Å². The monoisotopic (exact) mass is 314 g/mol. The van der Waals surface area contributed by atoms with Crippen LogP contribution in [0.1, 0.15) is 28.8 Å². The minimum absolute atomic E-state index is 0.00731. The molecule has 23 heavy (non-hydrogen) atoms. The van der Waals surface area contributed by atoms with E-state index in [-0.39, 0.29) is 23.6 Å². The van der Waals surface area contributed by atoms with Crippen molar-refractivity contribution in [1.29, 1.82) is 0 Å². The molecule has 7 heteroatoms. The third-order valence-corrected chi connectivity index (χ3v) is 4.20. The van der Waals surface area contributed by atoms with Gasteiger partial charge in [0.25, 0.3) is 11.5 Å². The average molecular weight is 314 g/mol. The van der Waals surface area contributed by atoms with Crippen LogP contribution in [0.2, 0.25) is 0 Å². The minimum atomic E-state index is -0.464. The van der Waals surface area contributed by atoms with Gasteiger partial charge in [-0.25, -0.2) is 4.98 Å². The molecule has 1 unspecified atom stereocenters. The number of aliphatic hydroxyl groups is 1. The van der Waals surface area contributed by atoms with Crippen LogP contribution in [0.15, 0.2) is 41.8 Å². The number of hydrogen-bond acceptors (Lipinski definition) is 5. The van der Waals surface area contributed by atoms with Crippen LogP contribution in [-0.4, -0.2) is 38.1 Å².